The van der Waals surface area contributed by atoms with E-state index in [9.17, 15) is 0 Å². The molecule has 0 aliphatic heterocycles. The first-order chi connectivity index (χ1) is 13.2. The van der Waals surface area contributed by atoms with Crippen molar-refractivity contribution in [3.8, 4) is 33.5 Å². The molecule has 0 atom stereocenters. The second kappa shape index (κ2) is 7.59. The molecular weight excluding hydrogens is 326 g/mol. The minimum atomic E-state index is 0.469. The van der Waals surface area contributed by atoms with Crippen molar-refractivity contribution in [2.75, 3.05) is 0 Å². The lowest BCUT2D eigenvalue weighted by molar-refractivity contribution is 0.867. The van der Waals surface area contributed by atoms with Crippen molar-refractivity contribution in [2.24, 2.45) is 0 Å². The topological polar surface area (TPSA) is 12.9 Å². The predicted molar refractivity (Wildman–Crippen MR) is 115 cm³/mol. The van der Waals surface area contributed by atoms with Crippen LogP contribution in [0.15, 0.2) is 97.2 Å². The molecule has 0 bridgehead atoms. The fraction of sp³-hybridized carbons (Fsp3) is 0.115. The molecule has 0 aliphatic carbocycles. The molecule has 4 aromatic rings. The minimum Gasteiger partial charge on any atom is -0.256 e. The van der Waals surface area contributed by atoms with Crippen molar-refractivity contribution in [2.45, 2.75) is 19.8 Å². The SMILES string of the molecule is CC(C)c1cc(-c2ccc(-c3ccccc3)cc2)cc(-c2ccccn2)c1. The number of benzene rings is 3. The normalized spacial score (nSPS) is 10.9. The summed E-state index contributed by atoms with van der Waals surface area (Å²) in [7, 11) is 0. The van der Waals surface area contributed by atoms with E-state index in [2.05, 4.69) is 97.7 Å². The number of aromatic nitrogens is 1. The van der Waals surface area contributed by atoms with Crippen LogP contribution in [-0.4, -0.2) is 4.98 Å². The summed E-state index contributed by atoms with van der Waals surface area (Å²) in [6.07, 6.45) is 1.85. The van der Waals surface area contributed by atoms with Gasteiger partial charge in [0, 0.05) is 11.8 Å². The van der Waals surface area contributed by atoms with Gasteiger partial charge in [-0.15, -0.1) is 0 Å². The first-order valence-electron chi connectivity index (χ1n) is 9.43. The molecule has 0 spiro atoms. The summed E-state index contributed by atoms with van der Waals surface area (Å²) < 4.78 is 0. The van der Waals surface area contributed by atoms with Gasteiger partial charge in [-0.2, -0.15) is 0 Å². The maximum Gasteiger partial charge on any atom is 0.0702 e. The Morgan fingerprint density at radius 3 is 1.78 bits per heavy atom. The molecule has 1 aromatic heterocycles. The Balaban J connectivity index is 1.76. The smallest absolute Gasteiger partial charge is 0.0702 e. The monoisotopic (exact) mass is 349 g/mol. The summed E-state index contributed by atoms with van der Waals surface area (Å²) in [6, 6.07) is 32.2. The first-order valence-corrected chi connectivity index (χ1v) is 9.43. The third-order valence-electron chi connectivity index (χ3n) is 4.91. The molecule has 1 heteroatoms. The van der Waals surface area contributed by atoms with Crippen LogP contribution in [0.25, 0.3) is 33.5 Å². The van der Waals surface area contributed by atoms with Crippen molar-refractivity contribution in [1.82, 2.24) is 4.98 Å². The van der Waals surface area contributed by atoms with Crippen LogP contribution in [0.2, 0.25) is 0 Å². The summed E-state index contributed by atoms with van der Waals surface area (Å²) in [5, 5.41) is 0. The van der Waals surface area contributed by atoms with E-state index in [1.807, 2.05) is 18.3 Å². The molecule has 0 saturated carbocycles. The number of nitrogens with zero attached hydrogens (tertiary/aromatic N) is 1. The Labute approximate surface area is 161 Å². The van der Waals surface area contributed by atoms with E-state index in [4.69, 9.17) is 0 Å². The van der Waals surface area contributed by atoms with Crippen LogP contribution in [-0.2, 0) is 0 Å². The van der Waals surface area contributed by atoms with Crippen molar-refractivity contribution in [1.29, 1.82) is 0 Å². The highest BCUT2D eigenvalue weighted by Gasteiger charge is 2.09. The highest BCUT2D eigenvalue weighted by molar-refractivity contribution is 5.75. The summed E-state index contributed by atoms with van der Waals surface area (Å²) in [5.74, 6) is 0.469. The lowest BCUT2D eigenvalue weighted by Crippen LogP contribution is -1.92. The molecular formula is C26H23N. The Bertz CT molecular complexity index is 1020. The van der Waals surface area contributed by atoms with E-state index in [0.717, 1.165) is 5.69 Å². The summed E-state index contributed by atoms with van der Waals surface area (Å²) in [5.41, 5.74) is 8.47. The van der Waals surface area contributed by atoms with Gasteiger partial charge in [0.1, 0.15) is 0 Å². The Morgan fingerprint density at radius 1 is 0.556 bits per heavy atom. The molecule has 0 amide bonds. The predicted octanol–water partition coefficient (Wildman–Crippen LogP) is 7.21. The van der Waals surface area contributed by atoms with E-state index in [0.29, 0.717) is 5.92 Å². The molecule has 4 rings (SSSR count). The van der Waals surface area contributed by atoms with E-state index < -0.39 is 0 Å². The van der Waals surface area contributed by atoms with Crippen molar-refractivity contribution in [3.63, 3.8) is 0 Å². The molecule has 0 aliphatic rings. The van der Waals surface area contributed by atoms with E-state index >= 15 is 0 Å². The molecule has 3 aromatic carbocycles. The van der Waals surface area contributed by atoms with Crippen LogP contribution in [0.3, 0.4) is 0 Å². The quantitative estimate of drug-likeness (QED) is 0.379. The van der Waals surface area contributed by atoms with Crippen LogP contribution in [0.5, 0.6) is 0 Å². The van der Waals surface area contributed by atoms with Crippen LogP contribution < -0.4 is 0 Å². The minimum absolute atomic E-state index is 0.469. The molecule has 0 saturated heterocycles. The molecule has 0 unspecified atom stereocenters. The summed E-state index contributed by atoms with van der Waals surface area (Å²) >= 11 is 0. The van der Waals surface area contributed by atoms with Crippen LogP contribution >= 0.6 is 0 Å². The van der Waals surface area contributed by atoms with Gasteiger partial charge >= 0.3 is 0 Å². The van der Waals surface area contributed by atoms with Gasteiger partial charge in [-0.25, -0.2) is 0 Å². The van der Waals surface area contributed by atoms with Gasteiger partial charge in [0.15, 0.2) is 0 Å². The highest BCUT2D eigenvalue weighted by Crippen LogP contribution is 2.31. The second-order valence-electron chi connectivity index (χ2n) is 7.16. The van der Waals surface area contributed by atoms with Crippen molar-refractivity contribution >= 4 is 0 Å². The van der Waals surface area contributed by atoms with Crippen LogP contribution in [0, 0.1) is 0 Å². The molecule has 0 radical (unpaired) electrons. The average Bonchev–Trinajstić information content (AvgIpc) is 2.75. The molecule has 27 heavy (non-hydrogen) atoms. The fourth-order valence-corrected chi connectivity index (χ4v) is 3.32. The van der Waals surface area contributed by atoms with Gasteiger partial charge in [-0.1, -0.05) is 80.6 Å². The number of rotatable bonds is 4. The van der Waals surface area contributed by atoms with Gasteiger partial charge in [0.25, 0.3) is 0 Å². The number of pyridine rings is 1. The molecule has 1 nitrogen and oxygen atoms in total. The summed E-state index contributed by atoms with van der Waals surface area (Å²) in [4.78, 5) is 4.54. The Kier molecular flexibility index (Phi) is 4.84. The lowest BCUT2D eigenvalue weighted by Gasteiger charge is -2.13. The Hall–Kier alpha value is -3.19. The van der Waals surface area contributed by atoms with E-state index in [-0.39, 0.29) is 0 Å². The zero-order chi connectivity index (χ0) is 18.6. The zero-order valence-corrected chi connectivity index (χ0v) is 15.8. The van der Waals surface area contributed by atoms with Crippen molar-refractivity contribution in [3.05, 3.63) is 103 Å². The third-order valence-corrected chi connectivity index (χ3v) is 4.91. The van der Waals surface area contributed by atoms with Gasteiger partial charge in [-0.05, 0) is 58.0 Å². The average molecular weight is 349 g/mol. The van der Waals surface area contributed by atoms with Gasteiger partial charge in [-0.3, -0.25) is 4.98 Å². The van der Waals surface area contributed by atoms with Gasteiger partial charge < -0.3 is 0 Å². The molecule has 132 valence electrons. The summed E-state index contributed by atoms with van der Waals surface area (Å²) in [6.45, 7) is 4.47. The lowest BCUT2D eigenvalue weighted by atomic mass is 9.92. The first kappa shape index (κ1) is 17.2. The van der Waals surface area contributed by atoms with Gasteiger partial charge in [0.05, 0.1) is 5.69 Å². The Morgan fingerprint density at radius 2 is 1.15 bits per heavy atom. The maximum atomic E-state index is 4.54. The van der Waals surface area contributed by atoms with E-state index in [1.165, 1.54) is 33.4 Å². The second-order valence-corrected chi connectivity index (χ2v) is 7.16. The highest BCUT2D eigenvalue weighted by atomic mass is 14.7. The largest absolute Gasteiger partial charge is 0.256 e. The molecule has 1 heterocycles. The van der Waals surface area contributed by atoms with Crippen LogP contribution in [0.1, 0.15) is 25.3 Å². The standard InChI is InChI=1S/C26H23N/c1-19(2)23-16-24(18-25(17-23)26-10-6-7-15-27-26)22-13-11-21(12-14-22)20-8-4-3-5-9-20/h3-19H,1-2H3. The maximum absolute atomic E-state index is 4.54. The van der Waals surface area contributed by atoms with Crippen molar-refractivity contribution < 1.29 is 0 Å². The van der Waals surface area contributed by atoms with Gasteiger partial charge in [0.2, 0.25) is 0 Å². The number of hydrogen-bond donors (Lipinski definition) is 0. The third kappa shape index (κ3) is 3.83. The van der Waals surface area contributed by atoms with Crippen LogP contribution in [0.4, 0.5) is 0 Å². The van der Waals surface area contributed by atoms with E-state index in [1.54, 1.807) is 0 Å². The number of hydrogen-bond acceptors (Lipinski definition) is 1. The fourth-order valence-electron chi connectivity index (χ4n) is 3.32. The molecule has 0 fully saturated rings. The zero-order valence-electron chi connectivity index (χ0n) is 15.8. The molecule has 0 N–H and O–H groups in total.